The number of ether oxygens (including phenoxy) is 2. The van der Waals surface area contributed by atoms with Gasteiger partial charge in [0.2, 0.25) is 5.91 Å². The Morgan fingerprint density at radius 2 is 2.00 bits per heavy atom. The summed E-state index contributed by atoms with van der Waals surface area (Å²) in [6.45, 7) is 3.39. The minimum Gasteiger partial charge on any atom is -0.467 e. The molecule has 0 aromatic heterocycles. The van der Waals surface area contributed by atoms with Crippen LogP contribution < -0.4 is 10.2 Å². The first-order chi connectivity index (χ1) is 13.9. The molecule has 1 N–H and O–H groups in total. The minimum atomic E-state index is -0.795. The van der Waals surface area contributed by atoms with Gasteiger partial charge in [0.15, 0.2) is 6.61 Å². The van der Waals surface area contributed by atoms with Crippen LogP contribution in [0.2, 0.25) is 0 Å². The van der Waals surface area contributed by atoms with E-state index >= 15 is 0 Å². The molecule has 0 aliphatic carbocycles. The lowest BCUT2D eigenvalue weighted by molar-refractivity contribution is -0.150. The number of hydrogen-bond acceptors (Lipinski definition) is 7. The molecule has 0 fully saturated rings. The summed E-state index contributed by atoms with van der Waals surface area (Å²) >= 11 is 1.46. The number of carbonyl (C=O) groups excluding carboxylic acids is 4. The molecule has 1 aromatic rings. The predicted octanol–water partition coefficient (Wildman–Crippen LogP) is 1.76. The third-order valence-corrected chi connectivity index (χ3v) is 5.74. The highest BCUT2D eigenvalue weighted by atomic mass is 32.2. The molecule has 0 saturated carbocycles. The van der Waals surface area contributed by atoms with Crippen molar-refractivity contribution in [2.75, 3.05) is 30.9 Å². The van der Waals surface area contributed by atoms with Crippen LogP contribution in [0.15, 0.2) is 29.2 Å². The number of nitrogens with one attached hydrogen (secondary N) is 1. The van der Waals surface area contributed by atoms with E-state index in [1.807, 2.05) is 38.1 Å². The summed E-state index contributed by atoms with van der Waals surface area (Å²) in [6, 6.07) is 6.70. The average Bonchev–Trinajstić information content (AvgIpc) is 2.74. The normalized spacial score (nSPS) is 15.1. The Kier molecular flexibility index (Phi) is 8.50. The molecule has 1 aromatic carbocycles. The van der Waals surface area contributed by atoms with E-state index in [-0.39, 0.29) is 24.8 Å². The molecule has 0 bridgehead atoms. The van der Waals surface area contributed by atoms with E-state index in [1.165, 1.54) is 18.9 Å². The fourth-order valence-corrected chi connectivity index (χ4v) is 3.77. The predicted molar refractivity (Wildman–Crippen MR) is 108 cm³/mol. The number of rotatable bonds is 9. The van der Waals surface area contributed by atoms with Crippen molar-refractivity contribution in [2.24, 2.45) is 5.92 Å². The molecule has 0 radical (unpaired) electrons. The summed E-state index contributed by atoms with van der Waals surface area (Å²) in [5.74, 6) is -1.59. The summed E-state index contributed by atoms with van der Waals surface area (Å²) in [6.07, 6.45) is 0.632. The molecule has 0 unspecified atom stereocenters. The van der Waals surface area contributed by atoms with Crippen LogP contribution in [-0.4, -0.2) is 55.8 Å². The van der Waals surface area contributed by atoms with E-state index in [9.17, 15) is 19.2 Å². The SMILES string of the molecule is CC[C@H](C)[C@H](NC(=O)COC(=O)CCN1C(=O)CSc2ccccc21)C(=O)OC. The maximum atomic E-state index is 12.2. The second-order valence-electron chi connectivity index (χ2n) is 6.67. The maximum Gasteiger partial charge on any atom is 0.328 e. The molecule has 1 aliphatic heterocycles. The molecular formula is C20H26N2O6S. The highest BCUT2D eigenvalue weighted by molar-refractivity contribution is 8.00. The highest BCUT2D eigenvalue weighted by Crippen LogP contribution is 2.34. The maximum absolute atomic E-state index is 12.2. The monoisotopic (exact) mass is 422 g/mol. The summed E-state index contributed by atoms with van der Waals surface area (Å²) in [7, 11) is 1.25. The summed E-state index contributed by atoms with van der Waals surface area (Å²) in [4.78, 5) is 50.6. The lowest BCUT2D eigenvalue weighted by atomic mass is 9.99. The van der Waals surface area contributed by atoms with E-state index in [1.54, 1.807) is 4.90 Å². The van der Waals surface area contributed by atoms with Gasteiger partial charge in [-0.2, -0.15) is 0 Å². The van der Waals surface area contributed by atoms with Gasteiger partial charge in [0.1, 0.15) is 6.04 Å². The fraction of sp³-hybridized carbons (Fsp3) is 0.500. The first-order valence-electron chi connectivity index (χ1n) is 9.42. The number of nitrogens with zero attached hydrogens (tertiary/aromatic N) is 1. The average molecular weight is 423 g/mol. The largest absolute Gasteiger partial charge is 0.467 e. The van der Waals surface area contributed by atoms with Gasteiger partial charge in [-0.1, -0.05) is 32.4 Å². The number of hydrogen-bond donors (Lipinski definition) is 1. The van der Waals surface area contributed by atoms with Gasteiger partial charge in [0.25, 0.3) is 5.91 Å². The zero-order valence-corrected chi connectivity index (χ0v) is 17.6. The smallest absolute Gasteiger partial charge is 0.328 e. The summed E-state index contributed by atoms with van der Waals surface area (Å²) < 4.78 is 9.71. The Bertz CT molecular complexity index is 769. The number of amides is 2. The first-order valence-corrected chi connectivity index (χ1v) is 10.4. The molecule has 1 aliphatic rings. The van der Waals surface area contributed by atoms with Gasteiger partial charge in [-0.3, -0.25) is 14.4 Å². The third kappa shape index (κ3) is 6.22. The van der Waals surface area contributed by atoms with Gasteiger partial charge in [-0.25, -0.2) is 4.79 Å². The number of carbonyl (C=O) groups is 4. The van der Waals surface area contributed by atoms with Gasteiger partial charge >= 0.3 is 11.9 Å². The van der Waals surface area contributed by atoms with Crippen molar-refractivity contribution in [2.45, 2.75) is 37.6 Å². The van der Waals surface area contributed by atoms with Gasteiger partial charge in [0.05, 0.1) is 25.0 Å². The molecule has 2 atom stereocenters. The molecule has 1 heterocycles. The Hall–Kier alpha value is -2.55. The van der Waals surface area contributed by atoms with Gasteiger partial charge in [0, 0.05) is 11.4 Å². The quantitative estimate of drug-likeness (QED) is 0.605. The topological polar surface area (TPSA) is 102 Å². The van der Waals surface area contributed by atoms with Gasteiger partial charge < -0.3 is 19.7 Å². The standard InChI is InChI=1S/C20H26N2O6S/c1-4-13(2)19(20(26)27-3)21-16(23)11-28-18(25)9-10-22-14-7-5-6-8-15(14)29-12-17(22)24/h5-8,13,19H,4,9-12H2,1-3H3,(H,21,23)/t13-,19-/m0/s1. The van der Waals surface area contributed by atoms with Crippen LogP contribution in [0.5, 0.6) is 0 Å². The first kappa shape index (κ1) is 22.7. The van der Waals surface area contributed by atoms with E-state index in [2.05, 4.69) is 5.32 Å². The van der Waals surface area contributed by atoms with Crippen LogP contribution in [-0.2, 0) is 28.7 Å². The van der Waals surface area contributed by atoms with Crippen molar-refractivity contribution in [3.63, 3.8) is 0 Å². The number of benzene rings is 1. The Balaban J connectivity index is 1.83. The van der Waals surface area contributed by atoms with Gasteiger partial charge in [-0.05, 0) is 18.1 Å². The lowest BCUT2D eigenvalue weighted by Crippen LogP contribution is -2.47. The van der Waals surface area contributed by atoms with Crippen LogP contribution >= 0.6 is 11.8 Å². The van der Waals surface area contributed by atoms with E-state index in [0.717, 1.165) is 10.6 Å². The second kappa shape index (κ2) is 10.8. The molecule has 2 rings (SSSR count). The van der Waals surface area contributed by atoms with Crippen LogP contribution in [0.4, 0.5) is 5.69 Å². The Morgan fingerprint density at radius 1 is 1.28 bits per heavy atom. The molecule has 8 nitrogen and oxygen atoms in total. The zero-order chi connectivity index (χ0) is 21.4. The molecular weight excluding hydrogens is 396 g/mol. The second-order valence-corrected chi connectivity index (χ2v) is 7.68. The molecule has 0 saturated heterocycles. The number of esters is 2. The van der Waals surface area contributed by atoms with Crippen LogP contribution in [0.25, 0.3) is 0 Å². The summed E-state index contributed by atoms with van der Waals surface area (Å²) in [5.41, 5.74) is 0.772. The molecule has 29 heavy (non-hydrogen) atoms. The Labute approximate surface area is 174 Å². The lowest BCUT2D eigenvalue weighted by Gasteiger charge is -2.28. The molecule has 0 spiro atoms. The summed E-state index contributed by atoms with van der Waals surface area (Å²) in [5, 5.41) is 2.54. The number of fused-ring (bicyclic) bond motifs is 1. The number of para-hydroxylation sites is 1. The minimum absolute atomic E-state index is 0.0379. The van der Waals surface area contributed by atoms with Crippen LogP contribution in [0, 0.1) is 5.92 Å². The number of methoxy groups -OCH3 is 1. The van der Waals surface area contributed by atoms with Crippen LogP contribution in [0.1, 0.15) is 26.7 Å². The van der Waals surface area contributed by atoms with E-state index in [4.69, 9.17) is 9.47 Å². The van der Waals surface area contributed by atoms with Crippen LogP contribution in [0.3, 0.4) is 0 Å². The van der Waals surface area contributed by atoms with Gasteiger partial charge in [-0.15, -0.1) is 11.8 Å². The molecule has 158 valence electrons. The van der Waals surface area contributed by atoms with Crippen molar-refractivity contribution < 1.29 is 28.7 Å². The van der Waals surface area contributed by atoms with Crippen molar-refractivity contribution in [3.05, 3.63) is 24.3 Å². The molecule has 9 heteroatoms. The van der Waals surface area contributed by atoms with Crippen molar-refractivity contribution >= 4 is 41.2 Å². The van der Waals surface area contributed by atoms with E-state index < -0.39 is 30.5 Å². The Morgan fingerprint density at radius 3 is 2.69 bits per heavy atom. The highest BCUT2D eigenvalue weighted by Gasteiger charge is 2.27. The van der Waals surface area contributed by atoms with Crippen molar-refractivity contribution in [3.8, 4) is 0 Å². The number of anilines is 1. The van der Waals surface area contributed by atoms with E-state index in [0.29, 0.717) is 12.2 Å². The van der Waals surface area contributed by atoms with Crippen molar-refractivity contribution in [1.82, 2.24) is 5.32 Å². The van der Waals surface area contributed by atoms with Crippen molar-refractivity contribution in [1.29, 1.82) is 0 Å². The third-order valence-electron chi connectivity index (χ3n) is 4.70. The zero-order valence-electron chi connectivity index (χ0n) is 16.8. The number of thioether (sulfide) groups is 1. The molecule has 2 amide bonds. The fourth-order valence-electron chi connectivity index (χ4n) is 2.83.